The number of benzene rings is 1. The van der Waals surface area contributed by atoms with Crippen molar-refractivity contribution >= 4 is 11.8 Å². The van der Waals surface area contributed by atoms with Gasteiger partial charge in [-0.15, -0.1) is 0 Å². The van der Waals surface area contributed by atoms with Crippen molar-refractivity contribution in [1.82, 2.24) is 0 Å². The number of carbonyl (C=O) groups excluding carboxylic acids is 1. The summed E-state index contributed by atoms with van der Waals surface area (Å²) in [5.41, 5.74) is 0.317. The van der Waals surface area contributed by atoms with E-state index >= 15 is 0 Å². The Balaban J connectivity index is 2.02. The molecular weight excluding hydrogens is 278 g/mol. The van der Waals surface area contributed by atoms with Crippen molar-refractivity contribution in [3.63, 3.8) is 0 Å². The highest BCUT2D eigenvalue weighted by molar-refractivity contribution is 5.69. The molecule has 22 heavy (non-hydrogen) atoms. The molecule has 2 rings (SSSR count). The molecule has 0 spiro atoms. The van der Waals surface area contributed by atoms with Crippen LogP contribution in [0.15, 0.2) is 24.3 Å². The second-order valence-electron chi connectivity index (χ2n) is 6.41. The van der Waals surface area contributed by atoms with Crippen molar-refractivity contribution in [3.05, 3.63) is 35.7 Å². The molecule has 1 aliphatic carbocycles. The van der Waals surface area contributed by atoms with Gasteiger partial charge in [-0.1, -0.05) is 45.4 Å². The van der Waals surface area contributed by atoms with Crippen LogP contribution in [0.25, 0.3) is 4.85 Å². The Morgan fingerprint density at radius 2 is 2.05 bits per heavy atom. The Kier molecular flexibility index (Phi) is 5.43. The zero-order chi connectivity index (χ0) is 16.1. The summed E-state index contributed by atoms with van der Waals surface area (Å²) in [5.74, 6) is 1.66. The lowest BCUT2D eigenvalue weighted by molar-refractivity contribution is -0.0135. The zero-order valence-electron chi connectivity index (χ0n) is 13.4. The molecule has 0 saturated heterocycles. The molecule has 3 atom stereocenters. The molecule has 0 heterocycles. The van der Waals surface area contributed by atoms with Crippen LogP contribution in [0.5, 0.6) is 5.75 Å². The summed E-state index contributed by atoms with van der Waals surface area (Å²) in [6, 6.07) is 6.70. The van der Waals surface area contributed by atoms with Gasteiger partial charge < -0.3 is 9.47 Å². The van der Waals surface area contributed by atoms with Gasteiger partial charge in [-0.2, -0.15) is 0 Å². The molecule has 1 fully saturated rings. The second kappa shape index (κ2) is 7.31. The molecule has 1 aromatic carbocycles. The third kappa shape index (κ3) is 4.00. The average Bonchev–Trinajstić information content (AvgIpc) is 2.47. The van der Waals surface area contributed by atoms with Crippen molar-refractivity contribution < 1.29 is 14.3 Å². The maximum absolute atomic E-state index is 12.1. The molecule has 0 unspecified atom stereocenters. The van der Waals surface area contributed by atoms with E-state index in [2.05, 4.69) is 25.6 Å². The first-order valence-electron chi connectivity index (χ1n) is 7.86. The standard InChI is InChI=1S/C18H23NO3/c1-12(2)14-10-9-13(3)11-17(14)22-18(20)21-16-8-6-5-7-15(16)19-4/h5-8,12-14,17H,9-11H2,1-3H3/t13-,14+,17-/m0/s1. The van der Waals surface area contributed by atoms with Crippen molar-refractivity contribution in [2.75, 3.05) is 0 Å². The predicted molar refractivity (Wildman–Crippen MR) is 84.9 cm³/mol. The smallest absolute Gasteiger partial charge is 0.430 e. The lowest BCUT2D eigenvalue weighted by atomic mass is 9.75. The van der Waals surface area contributed by atoms with Crippen molar-refractivity contribution in [2.45, 2.75) is 46.1 Å². The Labute approximate surface area is 132 Å². The first kappa shape index (κ1) is 16.4. The minimum atomic E-state index is -0.708. The predicted octanol–water partition coefficient (Wildman–Crippen LogP) is 5.21. The van der Waals surface area contributed by atoms with E-state index in [0.717, 1.165) is 12.8 Å². The number of para-hydroxylation sites is 2. The summed E-state index contributed by atoms with van der Waals surface area (Å²) >= 11 is 0. The van der Waals surface area contributed by atoms with Gasteiger partial charge >= 0.3 is 6.16 Å². The quantitative estimate of drug-likeness (QED) is 0.437. The van der Waals surface area contributed by atoms with Gasteiger partial charge in [0.15, 0.2) is 0 Å². The highest BCUT2D eigenvalue weighted by Crippen LogP contribution is 2.36. The first-order valence-corrected chi connectivity index (χ1v) is 7.86. The van der Waals surface area contributed by atoms with E-state index in [1.807, 2.05) is 0 Å². The van der Waals surface area contributed by atoms with E-state index in [1.165, 1.54) is 6.42 Å². The summed E-state index contributed by atoms with van der Waals surface area (Å²) in [4.78, 5) is 15.4. The van der Waals surface area contributed by atoms with E-state index in [1.54, 1.807) is 24.3 Å². The molecule has 0 bridgehead atoms. The third-order valence-corrected chi connectivity index (χ3v) is 4.39. The average molecular weight is 301 g/mol. The minimum Gasteiger partial charge on any atom is -0.430 e. The van der Waals surface area contributed by atoms with E-state index in [-0.39, 0.29) is 11.9 Å². The topological polar surface area (TPSA) is 39.9 Å². The Morgan fingerprint density at radius 3 is 2.73 bits per heavy atom. The number of nitrogens with zero attached hydrogens (tertiary/aromatic N) is 1. The Morgan fingerprint density at radius 1 is 1.32 bits per heavy atom. The third-order valence-electron chi connectivity index (χ3n) is 4.39. The minimum absolute atomic E-state index is 0.101. The molecule has 4 nitrogen and oxygen atoms in total. The first-order chi connectivity index (χ1) is 10.5. The normalized spacial score (nSPS) is 24.6. The molecular formula is C18H23NO3. The number of carbonyl (C=O) groups is 1. The van der Waals surface area contributed by atoms with Gasteiger partial charge in [0.05, 0.1) is 6.57 Å². The zero-order valence-corrected chi connectivity index (χ0v) is 13.4. The molecule has 0 aliphatic heterocycles. The highest BCUT2D eigenvalue weighted by atomic mass is 16.7. The molecule has 1 saturated carbocycles. The molecule has 118 valence electrons. The van der Waals surface area contributed by atoms with Crippen LogP contribution in [-0.2, 0) is 4.74 Å². The van der Waals surface area contributed by atoms with Crippen LogP contribution in [0.1, 0.15) is 40.0 Å². The fourth-order valence-electron chi connectivity index (χ4n) is 3.12. The summed E-state index contributed by atoms with van der Waals surface area (Å²) in [5, 5.41) is 0. The molecule has 0 aromatic heterocycles. The molecule has 1 aliphatic rings. The van der Waals surface area contributed by atoms with E-state index in [4.69, 9.17) is 16.0 Å². The fourth-order valence-corrected chi connectivity index (χ4v) is 3.12. The lowest BCUT2D eigenvalue weighted by Crippen LogP contribution is -2.36. The van der Waals surface area contributed by atoms with Gasteiger partial charge in [-0.05, 0) is 36.7 Å². The van der Waals surface area contributed by atoms with Crippen molar-refractivity contribution in [1.29, 1.82) is 0 Å². The van der Waals surface area contributed by atoms with Gasteiger partial charge in [-0.3, -0.25) is 0 Å². The molecule has 0 N–H and O–H groups in total. The number of hydrogen-bond acceptors (Lipinski definition) is 3. The van der Waals surface area contributed by atoms with Crippen LogP contribution < -0.4 is 4.74 Å². The Bertz CT molecular complexity index is 562. The highest BCUT2D eigenvalue weighted by Gasteiger charge is 2.34. The largest absolute Gasteiger partial charge is 0.512 e. The lowest BCUT2D eigenvalue weighted by Gasteiger charge is -2.36. The molecule has 0 radical (unpaired) electrons. The molecule has 1 aromatic rings. The van der Waals surface area contributed by atoms with E-state index in [9.17, 15) is 4.79 Å². The van der Waals surface area contributed by atoms with Gasteiger partial charge in [0.1, 0.15) is 11.9 Å². The monoisotopic (exact) mass is 301 g/mol. The molecule has 0 amide bonds. The summed E-state index contributed by atoms with van der Waals surface area (Å²) in [6.07, 6.45) is 2.33. The van der Waals surface area contributed by atoms with Crippen LogP contribution >= 0.6 is 0 Å². The van der Waals surface area contributed by atoms with E-state index < -0.39 is 6.16 Å². The summed E-state index contributed by atoms with van der Waals surface area (Å²) in [7, 11) is 0. The van der Waals surface area contributed by atoms with Gasteiger partial charge in [0.2, 0.25) is 5.69 Å². The molecule has 4 heteroatoms. The SMILES string of the molecule is [C-]#[N+]c1ccccc1OC(=O)O[C@H]1C[C@@H](C)CC[C@@H]1C(C)C. The number of hydrogen-bond donors (Lipinski definition) is 0. The second-order valence-corrected chi connectivity index (χ2v) is 6.41. The van der Waals surface area contributed by atoms with Crippen molar-refractivity contribution in [2.24, 2.45) is 17.8 Å². The van der Waals surface area contributed by atoms with Crippen LogP contribution in [0.2, 0.25) is 0 Å². The van der Waals surface area contributed by atoms with Gasteiger partial charge in [-0.25, -0.2) is 9.64 Å². The Hall–Kier alpha value is -2.02. The number of rotatable bonds is 3. The van der Waals surface area contributed by atoms with Crippen LogP contribution in [0, 0.1) is 24.3 Å². The summed E-state index contributed by atoms with van der Waals surface area (Å²) < 4.78 is 10.8. The van der Waals surface area contributed by atoms with Crippen LogP contribution in [0.4, 0.5) is 10.5 Å². The fraction of sp³-hybridized carbons (Fsp3) is 0.556. The maximum Gasteiger partial charge on any atom is 0.512 e. The van der Waals surface area contributed by atoms with Crippen LogP contribution in [0.3, 0.4) is 0 Å². The van der Waals surface area contributed by atoms with Gasteiger partial charge in [0, 0.05) is 0 Å². The summed E-state index contributed by atoms with van der Waals surface area (Å²) in [6.45, 7) is 13.6. The van der Waals surface area contributed by atoms with E-state index in [0.29, 0.717) is 23.4 Å². The van der Waals surface area contributed by atoms with Crippen molar-refractivity contribution in [3.8, 4) is 5.75 Å². The number of ether oxygens (including phenoxy) is 2. The van der Waals surface area contributed by atoms with Gasteiger partial charge in [0.25, 0.3) is 0 Å². The maximum atomic E-state index is 12.1. The van der Waals surface area contributed by atoms with Crippen LogP contribution in [-0.4, -0.2) is 12.3 Å².